The van der Waals surface area contributed by atoms with Crippen molar-refractivity contribution in [1.82, 2.24) is 20.3 Å². The number of alkyl carbamates (subject to hydrolysis) is 1. The second-order valence-corrected chi connectivity index (χ2v) is 18.1. The molecule has 1 saturated heterocycles. The maximum atomic E-state index is 12.8. The van der Waals surface area contributed by atoms with Gasteiger partial charge in [0.2, 0.25) is 5.95 Å². The van der Waals surface area contributed by atoms with Crippen molar-refractivity contribution in [2.75, 3.05) is 23.3 Å². The predicted octanol–water partition coefficient (Wildman–Crippen LogP) is 6.45. The van der Waals surface area contributed by atoms with E-state index >= 15 is 0 Å². The molecule has 12 heteroatoms. The highest BCUT2D eigenvalue weighted by Gasteiger charge is 2.38. The normalized spacial score (nSPS) is 17.6. The first kappa shape index (κ1) is 35.2. The van der Waals surface area contributed by atoms with Crippen LogP contribution in [0.3, 0.4) is 0 Å². The predicted molar refractivity (Wildman–Crippen MR) is 178 cm³/mol. The Hall–Kier alpha value is -3.25. The zero-order valence-corrected chi connectivity index (χ0v) is 29.3. The SMILES string of the molecule is CC[Si](CC)(CC)O[C@H]1C[C@@H](NC(=O)OC(C)(C)C)CN(c2ncc(C(N)=O)c(Nc3cc(C(C)C)nc(C(C)C)c3)n2)C1. The molecule has 2 amide bonds. The second-order valence-electron chi connectivity index (χ2n) is 13.4. The average molecular weight is 628 g/mol. The van der Waals surface area contributed by atoms with Crippen LogP contribution in [0.25, 0.3) is 0 Å². The Morgan fingerprint density at radius 3 is 2.11 bits per heavy atom. The van der Waals surface area contributed by atoms with Crippen LogP contribution in [-0.2, 0) is 9.16 Å². The van der Waals surface area contributed by atoms with E-state index < -0.39 is 25.9 Å². The Morgan fingerprint density at radius 2 is 1.61 bits per heavy atom. The van der Waals surface area contributed by atoms with Crippen molar-refractivity contribution in [3.63, 3.8) is 0 Å². The van der Waals surface area contributed by atoms with Crippen LogP contribution in [0.2, 0.25) is 18.1 Å². The van der Waals surface area contributed by atoms with Crippen molar-refractivity contribution in [1.29, 1.82) is 0 Å². The van der Waals surface area contributed by atoms with E-state index in [0.717, 1.165) is 35.2 Å². The summed E-state index contributed by atoms with van der Waals surface area (Å²) in [5, 5.41) is 6.38. The number of nitrogens with zero attached hydrogens (tertiary/aromatic N) is 4. The van der Waals surface area contributed by atoms with Gasteiger partial charge in [-0.05, 0) is 69.3 Å². The molecule has 2 aromatic rings. The van der Waals surface area contributed by atoms with Gasteiger partial charge in [-0.3, -0.25) is 9.78 Å². The lowest BCUT2D eigenvalue weighted by molar-refractivity contribution is 0.0477. The number of aromatic nitrogens is 3. The molecule has 1 aliphatic rings. The van der Waals surface area contributed by atoms with E-state index in [1.54, 1.807) is 0 Å². The number of rotatable bonds is 12. The standard InChI is InChI=1S/C32H53N7O4Si/c1-11-44(12-2,13-3)43-24-14-23(36-31(41)42-32(8,9)10)18-39(19-24)30-34-17-25(28(33)40)29(38-30)35-22-15-26(20(4)5)37-27(16-22)21(6)7/h15-17,20-21,23-24H,11-14,18-19H2,1-10H3,(H2,33,40)(H,36,41)(H,34,35,37,38)/t23-,24+/m1/s1. The highest BCUT2D eigenvalue weighted by atomic mass is 28.4. The molecule has 0 saturated carbocycles. The van der Waals surface area contributed by atoms with E-state index in [1.807, 2.05) is 37.8 Å². The Balaban J connectivity index is 1.99. The van der Waals surface area contributed by atoms with E-state index in [-0.39, 0.29) is 29.5 Å². The highest BCUT2D eigenvalue weighted by Crippen LogP contribution is 2.30. The van der Waals surface area contributed by atoms with E-state index in [9.17, 15) is 9.59 Å². The summed E-state index contributed by atoms with van der Waals surface area (Å²) >= 11 is 0. The van der Waals surface area contributed by atoms with Gasteiger partial charge in [-0.25, -0.2) is 9.78 Å². The quantitative estimate of drug-likeness (QED) is 0.226. The summed E-state index contributed by atoms with van der Waals surface area (Å²) in [7, 11) is -1.95. The van der Waals surface area contributed by atoms with Gasteiger partial charge in [0.1, 0.15) is 17.0 Å². The van der Waals surface area contributed by atoms with Gasteiger partial charge in [-0.1, -0.05) is 48.5 Å². The topological polar surface area (TPSA) is 145 Å². The minimum Gasteiger partial charge on any atom is -0.444 e. The maximum Gasteiger partial charge on any atom is 0.407 e. The summed E-state index contributed by atoms with van der Waals surface area (Å²) in [6, 6.07) is 6.74. The van der Waals surface area contributed by atoms with Crippen molar-refractivity contribution >= 4 is 37.8 Å². The molecule has 3 rings (SSSR count). The number of hydrogen-bond donors (Lipinski definition) is 3. The fourth-order valence-corrected chi connectivity index (χ4v) is 8.29. The van der Waals surface area contributed by atoms with Gasteiger partial charge >= 0.3 is 6.09 Å². The number of pyridine rings is 1. The third-order valence-corrected chi connectivity index (χ3v) is 12.8. The minimum atomic E-state index is -1.95. The van der Waals surface area contributed by atoms with Crippen LogP contribution in [0.1, 0.15) is 109 Å². The van der Waals surface area contributed by atoms with Gasteiger partial charge in [-0.2, -0.15) is 4.98 Å². The van der Waals surface area contributed by atoms with Crippen LogP contribution in [-0.4, -0.2) is 66.1 Å². The molecule has 0 unspecified atom stereocenters. The first-order valence-corrected chi connectivity index (χ1v) is 18.5. The van der Waals surface area contributed by atoms with Crippen LogP contribution < -0.4 is 21.3 Å². The van der Waals surface area contributed by atoms with E-state index in [1.165, 1.54) is 6.20 Å². The maximum absolute atomic E-state index is 12.8. The number of nitrogens with one attached hydrogen (secondary N) is 2. The van der Waals surface area contributed by atoms with E-state index in [4.69, 9.17) is 24.9 Å². The van der Waals surface area contributed by atoms with Gasteiger partial charge in [0.05, 0.1) is 12.1 Å². The van der Waals surface area contributed by atoms with Crippen LogP contribution in [0, 0.1) is 0 Å². The third-order valence-electron chi connectivity index (χ3n) is 8.12. The number of amides is 2. The monoisotopic (exact) mass is 627 g/mol. The summed E-state index contributed by atoms with van der Waals surface area (Å²) in [5.74, 6) is 0.541. The van der Waals surface area contributed by atoms with Gasteiger partial charge in [0.15, 0.2) is 8.32 Å². The molecule has 0 bridgehead atoms. The smallest absolute Gasteiger partial charge is 0.407 e. The molecule has 44 heavy (non-hydrogen) atoms. The molecule has 1 aliphatic heterocycles. The zero-order valence-electron chi connectivity index (χ0n) is 28.3. The lowest BCUT2D eigenvalue weighted by atomic mass is 10.0. The number of carbonyl (C=O) groups is 2. The Labute approximate surface area is 264 Å². The van der Waals surface area contributed by atoms with Crippen LogP contribution >= 0.6 is 0 Å². The number of piperidine rings is 1. The fourth-order valence-electron chi connectivity index (χ4n) is 5.41. The van der Waals surface area contributed by atoms with Gasteiger partial charge in [0.25, 0.3) is 5.91 Å². The molecule has 0 aromatic carbocycles. The average Bonchev–Trinajstić information content (AvgIpc) is 2.94. The van der Waals surface area contributed by atoms with Gasteiger partial charge in [0, 0.05) is 36.4 Å². The largest absolute Gasteiger partial charge is 0.444 e. The molecule has 2 atom stereocenters. The summed E-state index contributed by atoms with van der Waals surface area (Å²) in [6.45, 7) is 21.5. The number of primary amides is 1. The van der Waals surface area contributed by atoms with Crippen molar-refractivity contribution < 1.29 is 18.8 Å². The zero-order chi connectivity index (χ0) is 32.8. The lowest BCUT2D eigenvalue weighted by Gasteiger charge is -2.42. The summed E-state index contributed by atoms with van der Waals surface area (Å²) < 4.78 is 12.5. The Bertz CT molecular complexity index is 1260. The number of nitrogens with two attached hydrogens (primary N) is 1. The molecule has 0 aliphatic carbocycles. The van der Waals surface area contributed by atoms with Crippen molar-refractivity contribution in [3.05, 3.63) is 35.3 Å². The summed E-state index contributed by atoms with van der Waals surface area (Å²) in [5.41, 5.74) is 7.98. The molecule has 1 fully saturated rings. The number of hydrogen-bond acceptors (Lipinski definition) is 9. The van der Waals surface area contributed by atoms with Crippen molar-refractivity contribution in [2.24, 2.45) is 5.73 Å². The molecule has 4 N–H and O–H groups in total. The molecule has 244 valence electrons. The van der Waals surface area contributed by atoms with Crippen LogP contribution in [0.5, 0.6) is 0 Å². The molecular weight excluding hydrogens is 574 g/mol. The molecule has 0 radical (unpaired) electrons. The number of carbonyl (C=O) groups excluding carboxylic acids is 2. The van der Waals surface area contributed by atoms with Gasteiger partial charge < -0.3 is 30.4 Å². The molecule has 11 nitrogen and oxygen atoms in total. The number of ether oxygens (including phenoxy) is 1. The van der Waals surface area contributed by atoms with Gasteiger partial charge in [-0.15, -0.1) is 0 Å². The summed E-state index contributed by atoms with van der Waals surface area (Å²) in [4.78, 5) is 41.4. The first-order valence-electron chi connectivity index (χ1n) is 16.0. The minimum absolute atomic E-state index is 0.131. The molecule has 0 spiro atoms. The molecular formula is C32H53N7O4Si. The first-order chi connectivity index (χ1) is 20.6. The second kappa shape index (κ2) is 14.7. The molecule has 3 heterocycles. The van der Waals surface area contributed by atoms with Crippen molar-refractivity contribution in [3.8, 4) is 0 Å². The fraction of sp³-hybridized carbons (Fsp3) is 0.656. The van der Waals surface area contributed by atoms with E-state index in [0.29, 0.717) is 31.3 Å². The molecule has 2 aromatic heterocycles. The summed E-state index contributed by atoms with van der Waals surface area (Å²) in [6.07, 6.45) is 1.51. The third kappa shape index (κ3) is 9.37. The van der Waals surface area contributed by atoms with Crippen LogP contribution in [0.4, 0.5) is 22.2 Å². The Morgan fingerprint density at radius 1 is 1.02 bits per heavy atom. The van der Waals surface area contributed by atoms with Crippen LogP contribution in [0.15, 0.2) is 18.3 Å². The Kier molecular flexibility index (Phi) is 11.8. The lowest BCUT2D eigenvalue weighted by Crippen LogP contribution is -2.56. The number of anilines is 3. The van der Waals surface area contributed by atoms with E-state index in [2.05, 4.69) is 64.1 Å². The highest BCUT2D eigenvalue weighted by molar-refractivity contribution is 6.73. The van der Waals surface area contributed by atoms with Crippen molar-refractivity contribution in [2.45, 2.75) is 123 Å².